The first-order valence-corrected chi connectivity index (χ1v) is 6.28. The van der Waals surface area contributed by atoms with Crippen molar-refractivity contribution >= 4 is 17.1 Å². The number of nitrogens with zero attached hydrogens (tertiary/aromatic N) is 1. The largest absolute Gasteiger partial charge is 0.399 e. The summed E-state index contributed by atoms with van der Waals surface area (Å²) in [7, 11) is 2.08. The van der Waals surface area contributed by atoms with Crippen molar-refractivity contribution in [3.8, 4) is 0 Å². The van der Waals surface area contributed by atoms with E-state index in [0.717, 1.165) is 11.4 Å². The van der Waals surface area contributed by atoms with E-state index in [9.17, 15) is 0 Å². The maximum absolute atomic E-state index is 5.85. The number of hydrogen-bond donors (Lipinski definition) is 1. The van der Waals surface area contributed by atoms with E-state index >= 15 is 0 Å². The Kier molecular flexibility index (Phi) is 3.56. The van der Waals surface area contributed by atoms with Gasteiger partial charge in [-0.15, -0.1) is 0 Å². The number of nitrogens with two attached hydrogens (primary N) is 1. The number of nitrogen functional groups attached to an aromatic ring is 1. The third-order valence-corrected chi connectivity index (χ3v) is 3.18. The maximum Gasteiger partial charge on any atom is 0.0443 e. The highest BCUT2D eigenvalue weighted by atomic mass is 15.1. The molecule has 0 saturated carbocycles. The molecule has 2 aromatic carbocycles. The van der Waals surface area contributed by atoms with Gasteiger partial charge in [0.2, 0.25) is 0 Å². The molecule has 0 spiro atoms. The fourth-order valence-corrected chi connectivity index (χ4v) is 2.15. The lowest BCUT2D eigenvalue weighted by Crippen LogP contribution is -2.12. The quantitative estimate of drug-likeness (QED) is 0.816. The molecule has 18 heavy (non-hydrogen) atoms. The minimum Gasteiger partial charge on any atom is -0.399 e. The van der Waals surface area contributed by atoms with Crippen molar-refractivity contribution in [2.75, 3.05) is 17.7 Å². The Hall–Kier alpha value is -1.96. The van der Waals surface area contributed by atoms with Gasteiger partial charge in [-0.05, 0) is 35.7 Å². The Morgan fingerprint density at radius 1 is 1.00 bits per heavy atom. The summed E-state index contributed by atoms with van der Waals surface area (Å²) in [5.41, 5.74) is 10.3. The van der Waals surface area contributed by atoms with Crippen molar-refractivity contribution in [2.24, 2.45) is 0 Å². The molecule has 2 aromatic rings. The summed E-state index contributed by atoms with van der Waals surface area (Å²) in [6.07, 6.45) is 0. The Balaban J connectivity index is 2.43. The first kappa shape index (κ1) is 12.5. The van der Waals surface area contributed by atoms with Crippen molar-refractivity contribution in [1.82, 2.24) is 0 Å². The van der Waals surface area contributed by atoms with E-state index in [1.807, 2.05) is 18.2 Å². The molecular weight excluding hydrogens is 220 g/mol. The normalized spacial score (nSPS) is 10.7. The monoisotopic (exact) mass is 240 g/mol. The molecule has 0 heterocycles. The first-order valence-electron chi connectivity index (χ1n) is 6.28. The van der Waals surface area contributed by atoms with E-state index in [4.69, 9.17) is 5.73 Å². The number of hydrogen-bond acceptors (Lipinski definition) is 2. The molecular formula is C16H20N2. The number of para-hydroxylation sites is 1. The van der Waals surface area contributed by atoms with E-state index in [2.05, 4.69) is 56.1 Å². The van der Waals surface area contributed by atoms with Crippen molar-refractivity contribution in [2.45, 2.75) is 19.8 Å². The van der Waals surface area contributed by atoms with Crippen LogP contribution in [0.3, 0.4) is 0 Å². The Labute approximate surface area is 109 Å². The van der Waals surface area contributed by atoms with Gasteiger partial charge in [0.05, 0.1) is 0 Å². The highest BCUT2D eigenvalue weighted by Crippen LogP contribution is 2.31. The minimum absolute atomic E-state index is 0.504. The van der Waals surface area contributed by atoms with Crippen LogP contribution in [0.1, 0.15) is 25.3 Å². The van der Waals surface area contributed by atoms with Crippen LogP contribution in [-0.2, 0) is 0 Å². The second-order valence-corrected chi connectivity index (χ2v) is 4.87. The van der Waals surface area contributed by atoms with E-state index in [-0.39, 0.29) is 0 Å². The molecule has 2 nitrogen and oxygen atoms in total. The van der Waals surface area contributed by atoms with Gasteiger partial charge < -0.3 is 10.6 Å². The summed E-state index contributed by atoms with van der Waals surface area (Å²) in [4.78, 5) is 2.19. The van der Waals surface area contributed by atoms with E-state index in [1.165, 1.54) is 11.3 Å². The van der Waals surface area contributed by atoms with Gasteiger partial charge in [-0.1, -0.05) is 38.1 Å². The molecule has 0 aliphatic rings. The SMILES string of the molecule is CC(C)c1ccccc1N(C)c1cccc(N)c1. The zero-order chi connectivity index (χ0) is 13.1. The summed E-state index contributed by atoms with van der Waals surface area (Å²) in [6, 6.07) is 16.5. The molecule has 0 unspecified atom stereocenters. The summed E-state index contributed by atoms with van der Waals surface area (Å²) in [6.45, 7) is 4.43. The molecule has 2 rings (SSSR count). The molecule has 2 heteroatoms. The average Bonchev–Trinajstić information content (AvgIpc) is 2.38. The van der Waals surface area contributed by atoms with Crippen LogP contribution in [-0.4, -0.2) is 7.05 Å². The molecule has 94 valence electrons. The third kappa shape index (κ3) is 2.48. The van der Waals surface area contributed by atoms with Crippen LogP contribution in [0.5, 0.6) is 0 Å². The molecule has 0 atom stereocenters. The van der Waals surface area contributed by atoms with Gasteiger partial charge in [0, 0.05) is 24.1 Å². The molecule has 0 radical (unpaired) electrons. The second-order valence-electron chi connectivity index (χ2n) is 4.87. The van der Waals surface area contributed by atoms with Gasteiger partial charge in [-0.3, -0.25) is 0 Å². The molecule has 0 bridgehead atoms. The highest BCUT2D eigenvalue weighted by molar-refractivity contribution is 5.68. The average molecular weight is 240 g/mol. The van der Waals surface area contributed by atoms with Gasteiger partial charge >= 0.3 is 0 Å². The number of rotatable bonds is 3. The lowest BCUT2D eigenvalue weighted by atomic mass is 10.0. The molecule has 2 N–H and O–H groups in total. The Bertz CT molecular complexity index is 532. The lowest BCUT2D eigenvalue weighted by molar-refractivity contribution is 0.862. The fraction of sp³-hybridized carbons (Fsp3) is 0.250. The van der Waals surface area contributed by atoms with Crippen LogP contribution in [0.2, 0.25) is 0 Å². The second kappa shape index (κ2) is 5.13. The van der Waals surface area contributed by atoms with Crippen LogP contribution in [0.25, 0.3) is 0 Å². The molecule has 0 aliphatic heterocycles. The predicted molar refractivity (Wildman–Crippen MR) is 79.4 cm³/mol. The summed E-state index contributed by atoms with van der Waals surface area (Å²) < 4.78 is 0. The van der Waals surface area contributed by atoms with Crippen LogP contribution in [0.15, 0.2) is 48.5 Å². The minimum atomic E-state index is 0.504. The van der Waals surface area contributed by atoms with Crippen molar-refractivity contribution in [3.63, 3.8) is 0 Å². The van der Waals surface area contributed by atoms with Crippen molar-refractivity contribution < 1.29 is 0 Å². The number of benzene rings is 2. The van der Waals surface area contributed by atoms with Gasteiger partial charge in [0.15, 0.2) is 0 Å². The van der Waals surface area contributed by atoms with Crippen LogP contribution in [0, 0.1) is 0 Å². The van der Waals surface area contributed by atoms with Crippen molar-refractivity contribution in [3.05, 3.63) is 54.1 Å². The molecule has 0 aliphatic carbocycles. The fourth-order valence-electron chi connectivity index (χ4n) is 2.15. The lowest BCUT2D eigenvalue weighted by Gasteiger charge is -2.24. The van der Waals surface area contributed by atoms with Gasteiger partial charge in [-0.25, -0.2) is 0 Å². The Morgan fingerprint density at radius 3 is 2.39 bits per heavy atom. The Morgan fingerprint density at radius 2 is 1.72 bits per heavy atom. The maximum atomic E-state index is 5.85. The molecule has 0 saturated heterocycles. The molecule has 0 amide bonds. The summed E-state index contributed by atoms with van der Waals surface area (Å²) >= 11 is 0. The van der Waals surface area contributed by atoms with Gasteiger partial charge in [0.1, 0.15) is 0 Å². The van der Waals surface area contributed by atoms with E-state index in [1.54, 1.807) is 0 Å². The van der Waals surface area contributed by atoms with Crippen LogP contribution < -0.4 is 10.6 Å². The van der Waals surface area contributed by atoms with Crippen LogP contribution in [0.4, 0.5) is 17.1 Å². The predicted octanol–water partition coefficient (Wildman–Crippen LogP) is 4.16. The number of anilines is 3. The smallest absolute Gasteiger partial charge is 0.0443 e. The molecule has 0 fully saturated rings. The summed E-state index contributed by atoms with van der Waals surface area (Å²) in [5, 5.41) is 0. The highest BCUT2D eigenvalue weighted by Gasteiger charge is 2.11. The zero-order valence-electron chi connectivity index (χ0n) is 11.2. The summed E-state index contributed by atoms with van der Waals surface area (Å²) in [5.74, 6) is 0.504. The topological polar surface area (TPSA) is 29.3 Å². The zero-order valence-corrected chi connectivity index (χ0v) is 11.2. The standard InChI is InChI=1S/C16H20N2/c1-12(2)15-9-4-5-10-16(15)18(3)14-8-6-7-13(17)11-14/h4-12H,17H2,1-3H3. The van der Waals surface area contributed by atoms with E-state index in [0.29, 0.717) is 5.92 Å². The first-order chi connectivity index (χ1) is 8.59. The van der Waals surface area contributed by atoms with Crippen molar-refractivity contribution in [1.29, 1.82) is 0 Å². The van der Waals surface area contributed by atoms with E-state index < -0.39 is 0 Å². The molecule has 0 aromatic heterocycles. The van der Waals surface area contributed by atoms with Gasteiger partial charge in [-0.2, -0.15) is 0 Å². The third-order valence-electron chi connectivity index (χ3n) is 3.18. The van der Waals surface area contributed by atoms with Crippen LogP contribution >= 0.6 is 0 Å². The van der Waals surface area contributed by atoms with Gasteiger partial charge in [0.25, 0.3) is 0 Å².